The number of hydrogen-bond acceptors (Lipinski definition) is 4. The molecule has 5 heteroatoms. The van der Waals surface area contributed by atoms with E-state index in [1.165, 1.54) is 0 Å². The van der Waals surface area contributed by atoms with Crippen LogP contribution in [0.4, 0.5) is 0 Å². The molecule has 0 heterocycles. The average Bonchev–Trinajstić information content (AvgIpc) is 2.48. The predicted molar refractivity (Wildman–Crippen MR) is 80.7 cm³/mol. The number of carbonyl (C=O) groups is 1. The molecule has 1 amide bonds. The Morgan fingerprint density at radius 3 is 2.38 bits per heavy atom. The maximum atomic E-state index is 11.4. The third kappa shape index (κ3) is 2.92. The van der Waals surface area contributed by atoms with Crippen molar-refractivity contribution in [2.45, 2.75) is 20.5 Å². The molecule has 5 nitrogen and oxygen atoms in total. The summed E-state index contributed by atoms with van der Waals surface area (Å²) in [6, 6.07) is 6.95. The molecule has 2 rings (SSSR count). The molecule has 2 aromatic rings. The van der Waals surface area contributed by atoms with Crippen LogP contribution in [0.2, 0.25) is 0 Å². The summed E-state index contributed by atoms with van der Waals surface area (Å²) in [7, 11) is 0. The lowest BCUT2D eigenvalue weighted by atomic mass is 10.0. The summed E-state index contributed by atoms with van der Waals surface area (Å²) < 4.78 is 11.3. The van der Waals surface area contributed by atoms with Crippen molar-refractivity contribution < 1.29 is 19.4 Å². The molecule has 21 heavy (non-hydrogen) atoms. The van der Waals surface area contributed by atoms with E-state index < -0.39 is 5.91 Å². The van der Waals surface area contributed by atoms with Gasteiger partial charge in [-0.3, -0.25) is 4.79 Å². The topological polar surface area (TPSA) is 81.8 Å². The van der Waals surface area contributed by atoms with Crippen molar-refractivity contribution in [1.82, 2.24) is 0 Å². The van der Waals surface area contributed by atoms with E-state index in [1.54, 1.807) is 18.2 Å². The van der Waals surface area contributed by atoms with Gasteiger partial charge in [0.05, 0.1) is 19.8 Å². The lowest BCUT2D eigenvalue weighted by molar-refractivity contribution is 0.100. The number of benzene rings is 2. The molecular formula is C16H19NO4. The Morgan fingerprint density at radius 2 is 1.81 bits per heavy atom. The number of rotatable bonds is 6. The molecule has 0 aliphatic heterocycles. The maximum Gasteiger partial charge on any atom is 0.248 e. The normalized spacial score (nSPS) is 10.6. The Kier molecular flexibility index (Phi) is 4.65. The minimum absolute atomic E-state index is 0.150. The summed E-state index contributed by atoms with van der Waals surface area (Å²) in [6.07, 6.45) is 0. The SMILES string of the molecule is CCOc1c(CO)cc2ccc(C(N)=O)cc2c1OCC. The Hall–Kier alpha value is -2.27. The number of aliphatic hydroxyl groups excluding tert-OH is 1. The zero-order chi connectivity index (χ0) is 15.4. The molecule has 0 saturated heterocycles. The van der Waals surface area contributed by atoms with Gasteiger partial charge in [-0.2, -0.15) is 0 Å². The smallest absolute Gasteiger partial charge is 0.248 e. The van der Waals surface area contributed by atoms with Gasteiger partial charge in [0.2, 0.25) is 5.91 Å². The molecule has 0 radical (unpaired) electrons. The fourth-order valence-electron chi connectivity index (χ4n) is 2.26. The van der Waals surface area contributed by atoms with Crippen molar-refractivity contribution in [3.63, 3.8) is 0 Å². The van der Waals surface area contributed by atoms with E-state index in [0.29, 0.717) is 35.8 Å². The largest absolute Gasteiger partial charge is 0.490 e. The van der Waals surface area contributed by atoms with Gasteiger partial charge in [-0.05, 0) is 37.4 Å². The molecule has 0 bridgehead atoms. The second-order valence-electron chi connectivity index (χ2n) is 4.52. The van der Waals surface area contributed by atoms with Crippen LogP contribution in [-0.2, 0) is 6.61 Å². The molecular weight excluding hydrogens is 270 g/mol. The first kappa shape index (κ1) is 15.1. The van der Waals surface area contributed by atoms with Crippen LogP contribution in [0.15, 0.2) is 24.3 Å². The van der Waals surface area contributed by atoms with Crippen LogP contribution in [0.5, 0.6) is 11.5 Å². The number of hydrogen-bond donors (Lipinski definition) is 2. The zero-order valence-electron chi connectivity index (χ0n) is 12.2. The van der Waals surface area contributed by atoms with Crippen LogP contribution in [0.3, 0.4) is 0 Å². The van der Waals surface area contributed by atoms with E-state index in [2.05, 4.69) is 0 Å². The van der Waals surface area contributed by atoms with Gasteiger partial charge >= 0.3 is 0 Å². The molecule has 2 aromatic carbocycles. The summed E-state index contributed by atoms with van der Waals surface area (Å²) in [5.74, 6) is 0.545. The van der Waals surface area contributed by atoms with E-state index in [9.17, 15) is 9.90 Å². The van der Waals surface area contributed by atoms with Crippen LogP contribution in [0.25, 0.3) is 10.8 Å². The Labute approximate surface area is 123 Å². The highest BCUT2D eigenvalue weighted by Gasteiger charge is 2.16. The molecule has 0 aliphatic rings. The van der Waals surface area contributed by atoms with Crippen LogP contribution < -0.4 is 15.2 Å². The fraction of sp³-hybridized carbons (Fsp3) is 0.312. The summed E-state index contributed by atoms with van der Waals surface area (Å²) >= 11 is 0. The number of amides is 1. The first-order valence-electron chi connectivity index (χ1n) is 6.88. The van der Waals surface area contributed by atoms with E-state index in [1.807, 2.05) is 19.9 Å². The highest BCUT2D eigenvalue weighted by atomic mass is 16.5. The Morgan fingerprint density at radius 1 is 1.14 bits per heavy atom. The van der Waals surface area contributed by atoms with Crippen molar-refractivity contribution in [3.8, 4) is 11.5 Å². The first-order valence-corrected chi connectivity index (χ1v) is 6.88. The van der Waals surface area contributed by atoms with Crippen molar-refractivity contribution in [1.29, 1.82) is 0 Å². The minimum Gasteiger partial charge on any atom is -0.490 e. The molecule has 3 N–H and O–H groups in total. The number of fused-ring (bicyclic) bond motifs is 1. The molecule has 0 fully saturated rings. The first-order chi connectivity index (χ1) is 10.1. The third-order valence-corrected chi connectivity index (χ3v) is 3.16. The summed E-state index contributed by atoms with van der Waals surface area (Å²) in [6.45, 7) is 4.48. The van der Waals surface area contributed by atoms with Gasteiger partial charge in [-0.25, -0.2) is 0 Å². The van der Waals surface area contributed by atoms with E-state index in [-0.39, 0.29) is 6.61 Å². The van der Waals surface area contributed by atoms with Crippen molar-refractivity contribution in [2.75, 3.05) is 13.2 Å². The molecule has 0 atom stereocenters. The number of ether oxygens (including phenoxy) is 2. The third-order valence-electron chi connectivity index (χ3n) is 3.16. The fourth-order valence-corrected chi connectivity index (χ4v) is 2.26. The molecule has 0 unspecified atom stereocenters. The molecule has 0 aliphatic carbocycles. The van der Waals surface area contributed by atoms with Gasteiger partial charge in [-0.15, -0.1) is 0 Å². The highest BCUT2D eigenvalue weighted by Crippen LogP contribution is 2.39. The highest BCUT2D eigenvalue weighted by molar-refractivity contribution is 6.00. The second kappa shape index (κ2) is 6.45. The van der Waals surface area contributed by atoms with Gasteiger partial charge in [0, 0.05) is 16.5 Å². The predicted octanol–water partition coefficient (Wildman–Crippen LogP) is 2.23. The summed E-state index contributed by atoms with van der Waals surface area (Å²) in [5, 5.41) is 11.1. The number of aliphatic hydroxyl groups is 1. The van der Waals surface area contributed by atoms with E-state index in [4.69, 9.17) is 15.2 Å². The molecule has 112 valence electrons. The minimum atomic E-state index is -0.497. The average molecular weight is 289 g/mol. The maximum absolute atomic E-state index is 11.4. The van der Waals surface area contributed by atoms with Crippen molar-refractivity contribution in [2.24, 2.45) is 5.73 Å². The van der Waals surface area contributed by atoms with E-state index >= 15 is 0 Å². The molecule has 0 saturated carbocycles. The Balaban J connectivity index is 2.77. The lowest BCUT2D eigenvalue weighted by Gasteiger charge is -2.17. The van der Waals surface area contributed by atoms with Crippen LogP contribution in [0.1, 0.15) is 29.8 Å². The standard InChI is InChI=1S/C16H19NO4/c1-3-20-14-12(9-18)7-10-5-6-11(16(17)19)8-13(10)15(14)21-4-2/h5-8,18H,3-4,9H2,1-2H3,(H2,17,19). The summed E-state index contributed by atoms with van der Waals surface area (Å²) in [5.41, 5.74) is 6.39. The van der Waals surface area contributed by atoms with E-state index in [0.717, 1.165) is 10.8 Å². The lowest BCUT2D eigenvalue weighted by Crippen LogP contribution is -2.11. The van der Waals surface area contributed by atoms with Gasteiger partial charge in [0.1, 0.15) is 0 Å². The van der Waals surface area contributed by atoms with Gasteiger partial charge < -0.3 is 20.3 Å². The van der Waals surface area contributed by atoms with Gasteiger partial charge in [0.15, 0.2) is 11.5 Å². The number of carbonyl (C=O) groups excluding carboxylic acids is 1. The number of nitrogens with two attached hydrogens (primary N) is 1. The zero-order valence-corrected chi connectivity index (χ0v) is 12.2. The van der Waals surface area contributed by atoms with Crippen LogP contribution >= 0.6 is 0 Å². The monoisotopic (exact) mass is 289 g/mol. The molecule has 0 aromatic heterocycles. The molecule has 0 spiro atoms. The Bertz CT molecular complexity index is 667. The number of primary amides is 1. The summed E-state index contributed by atoms with van der Waals surface area (Å²) in [4.78, 5) is 11.4. The van der Waals surface area contributed by atoms with Crippen LogP contribution in [-0.4, -0.2) is 24.2 Å². The van der Waals surface area contributed by atoms with Crippen molar-refractivity contribution in [3.05, 3.63) is 35.4 Å². The second-order valence-corrected chi connectivity index (χ2v) is 4.52. The van der Waals surface area contributed by atoms with Crippen LogP contribution in [0, 0.1) is 0 Å². The van der Waals surface area contributed by atoms with Gasteiger partial charge in [0.25, 0.3) is 0 Å². The van der Waals surface area contributed by atoms with Gasteiger partial charge in [-0.1, -0.05) is 6.07 Å². The van der Waals surface area contributed by atoms with Crippen molar-refractivity contribution >= 4 is 16.7 Å². The quantitative estimate of drug-likeness (QED) is 0.854.